The number of aliphatic hydroxyl groups excluding tert-OH is 2. The van der Waals surface area contributed by atoms with Gasteiger partial charge in [-0.15, -0.1) is 0 Å². The molecule has 3 aliphatic rings. The molecule has 0 spiro atoms. The van der Waals surface area contributed by atoms with Gasteiger partial charge in [-0.25, -0.2) is 4.98 Å². The van der Waals surface area contributed by atoms with Crippen molar-refractivity contribution in [3.63, 3.8) is 0 Å². The molecule has 16 nitrogen and oxygen atoms in total. The third-order valence-electron chi connectivity index (χ3n) is 12.7. The summed E-state index contributed by atoms with van der Waals surface area (Å²) in [7, 11) is 5.54. The summed E-state index contributed by atoms with van der Waals surface area (Å²) in [4.78, 5) is 64.0. The van der Waals surface area contributed by atoms with Gasteiger partial charge >= 0.3 is 11.8 Å². The Kier molecular flexibility index (Phi) is 13.1. The number of ether oxygens (including phenoxy) is 4. The summed E-state index contributed by atoms with van der Waals surface area (Å²) < 4.78 is 30.0. The summed E-state index contributed by atoms with van der Waals surface area (Å²) in [6.07, 6.45) is 8.17. The van der Waals surface area contributed by atoms with Crippen LogP contribution in [-0.4, -0.2) is 102 Å². The van der Waals surface area contributed by atoms with E-state index >= 15 is 0 Å². The minimum Gasteiger partial charge on any atom is -0.507 e. The summed E-state index contributed by atoms with van der Waals surface area (Å²) in [5, 5.41) is 37.5. The molecule has 1 aromatic heterocycles. The van der Waals surface area contributed by atoms with Gasteiger partial charge in [0.05, 0.1) is 29.1 Å². The molecule has 1 fully saturated rings. The predicted molar refractivity (Wildman–Crippen MR) is 243 cm³/mol. The number of nitrogens with zero attached hydrogens (tertiary/aromatic N) is 3. The molecule has 0 saturated carbocycles. The number of piperidine rings is 1. The van der Waals surface area contributed by atoms with Crippen molar-refractivity contribution in [3.05, 3.63) is 79.5 Å². The Labute approximate surface area is 370 Å². The highest BCUT2D eigenvalue weighted by atomic mass is 16.7. The molecule has 342 valence electrons. The minimum absolute atomic E-state index is 0.00162. The maximum atomic E-state index is 14.8. The number of hydrogen-bond acceptors (Lipinski definition) is 15. The highest BCUT2D eigenvalue weighted by Gasteiger charge is 2.43. The number of aromatic hydroxyl groups is 1. The fourth-order valence-corrected chi connectivity index (χ4v) is 9.07. The van der Waals surface area contributed by atoms with Crippen LogP contribution in [0.25, 0.3) is 38.7 Å². The number of aliphatic hydroxyl groups is 2. The van der Waals surface area contributed by atoms with Gasteiger partial charge in [-0.2, -0.15) is 0 Å². The standard InChI is InChI=1S/C48H58N4O12/c1-24-11-10-12-26(3)47(59)50-41-43(57)37-36(40-45(41)63-35-22-30(21-33(55)39(35)49-40)52-16-13-29(14-17-52)51(7)8)38-44(27(4)42(37)56)64-48(6,46(38)58)61-18-15-31(60-9)23-34(62-28(5)53)32(54)20-25(2)19-24/h10-12,15,18,21-22,24-25,29,31-32,34,54,56,58H,13-14,16-17,19-20,23H2,1-9H3,(H,50,59)/b11-10+,18-15+,26-12-/t24-,25+,31-,32+,34+,48-/m0/s1. The molecule has 4 aromatic rings. The van der Waals surface area contributed by atoms with Crippen LogP contribution in [0, 0.1) is 18.8 Å². The molecule has 16 heteroatoms. The smallest absolute Gasteiger partial charge is 0.307 e. The van der Waals surface area contributed by atoms with Crippen LogP contribution < -0.4 is 31.0 Å². The number of anilines is 2. The first-order valence-electron chi connectivity index (χ1n) is 21.7. The minimum atomic E-state index is -1.94. The van der Waals surface area contributed by atoms with Crippen LogP contribution in [-0.2, 0) is 23.8 Å². The number of carbonyl (C=O) groups excluding carboxylic acids is 2. The molecule has 1 amide bonds. The van der Waals surface area contributed by atoms with E-state index in [1.54, 1.807) is 25.1 Å². The van der Waals surface area contributed by atoms with Crippen LogP contribution in [0.4, 0.5) is 11.4 Å². The molecule has 64 heavy (non-hydrogen) atoms. The number of hydrogen-bond donors (Lipinski definition) is 4. The molecule has 0 unspecified atom stereocenters. The molecular formula is C48H58N4O12. The van der Waals surface area contributed by atoms with Crippen molar-refractivity contribution < 1.29 is 48.3 Å². The number of rotatable bonds is 4. The lowest BCUT2D eigenvalue weighted by Crippen LogP contribution is -2.42. The van der Waals surface area contributed by atoms with E-state index in [1.165, 1.54) is 46.3 Å². The van der Waals surface area contributed by atoms with Crippen LogP contribution in [0.1, 0.15) is 72.3 Å². The Hall–Kier alpha value is -5.97. The van der Waals surface area contributed by atoms with Crippen LogP contribution >= 0.6 is 0 Å². The second-order valence-corrected chi connectivity index (χ2v) is 17.8. The molecule has 0 radical (unpaired) electrons. The van der Waals surface area contributed by atoms with E-state index in [0.717, 1.165) is 12.8 Å². The second kappa shape index (κ2) is 18.3. The van der Waals surface area contributed by atoms with Crippen molar-refractivity contribution in [2.45, 2.75) is 104 Å². The van der Waals surface area contributed by atoms with Gasteiger partial charge in [0.1, 0.15) is 28.8 Å². The molecule has 6 atom stereocenters. The molecular weight excluding hydrogens is 825 g/mol. The van der Waals surface area contributed by atoms with Crippen LogP contribution in [0.15, 0.2) is 62.3 Å². The molecule has 4 heterocycles. The van der Waals surface area contributed by atoms with Crippen molar-refractivity contribution >= 4 is 62.0 Å². The molecule has 3 aliphatic heterocycles. The van der Waals surface area contributed by atoms with Gasteiger partial charge < -0.3 is 53.8 Å². The van der Waals surface area contributed by atoms with Gasteiger partial charge in [0, 0.05) is 80.9 Å². The van der Waals surface area contributed by atoms with Gasteiger partial charge in [0.2, 0.25) is 10.9 Å². The third-order valence-corrected chi connectivity index (χ3v) is 12.7. The Morgan fingerprint density at radius 1 is 1.02 bits per heavy atom. The number of allylic oxidation sites excluding steroid dienone is 3. The van der Waals surface area contributed by atoms with Gasteiger partial charge in [-0.3, -0.25) is 19.2 Å². The zero-order valence-electron chi connectivity index (χ0n) is 37.8. The first-order valence-corrected chi connectivity index (χ1v) is 21.7. The average Bonchev–Trinajstić information content (AvgIpc) is 3.50. The quantitative estimate of drug-likeness (QED) is 0.111. The van der Waals surface area contributed by atoms with Crippen molar-refractivity contribution in [1.82, 2.24) is 9.88 Å². The molecule has 4 bridgehead atoms. The van der Waals surface area contributed by atoms with Crippen molar-refractivity contribution in [1.29, 1.82) is 0 Å². The number of esters is 1. The van der Waals surface area contributed by atoms with Crippen LogP contribution in [0.3, 0.4) is 0 Å². The van der Waals surface area contributed by atoms with Gasteiger partial charge in [-0.1, -0.05) is 32.1 Å². The van der Waals surface area contributed by atoms with Gasteiger partial charge in [0.15, 0.2) is 22.4 Å². The predicted octanol–water partition coefficient (Wildman–Crippen LogP) is 5.63. The molecule has 3 aromatic carbocycles. The van der Waals surface area contributed by atoms with E-state index in [9.17, 15) is 34.5 Å². The van der Waals surface area contributed by atoms with Gasteiger partial charge in [-0.05, 0) is 71.5 Å². The Morgan fingerprint density at radius 2 is 1.73 bits per heavy atom. The number of phenolic OH excluding ortho intramolecular Hbond substituents is 1. The molecule has 4 N–H and O–H groups in total. The lowest BCUT2D eigenvalue weighted by molar-refractivity contribution is -0.155. The van der Waals surface area contributed by atoms with Crippen LogP contribution in [0.2, 0.25) is 0 Å². The number of nitrogens with one attached hydrogen (secondary N) is 1. The van der Waals surface area contributed by atoms with E-state index in [1.807, 2.05) is 34.0 Å². The molecule has 1 saturated heterocycles. The lowest BCUT2D eigenvalue weighted by Gasteiger charge is -2.36. The van der Waals surface area contributed by atoms with Gasteiger partial charge in [0.25, 0.3) is 5.91 Å². The lowest BCUT2D eigenvalue weighted by atomic mass is 9.89. The van der Waals surface area contributed by atoms with Crippen molar-refractivity contribution in [3.8, 4) is 11.5 Å². The highest BCUT2D eigenvalue weighted by molar-refractivity contribution is 6.16. The molecule has 7 rings (SSSR count). The summed E-state index contributed by atoms with van der Waals surface area (Å²) in [6, 6.07) is 3.58. The highest BCUT2D eigenvalue weighted by Crippen LogP contribution is 2.42. The van der Waals surface area contributed by atoms with E-state index in [-0.39, 0.29) is 79.0 Å². The normalized spacial score (nSPS) is 27.1. The number of aromatic nitrogens is 1. The summed E-state index contributed by atoms with van der Waals surface area (Å²) >= 11 is 0. The van der Waals surface area contributed by atoms with Crippen molar-refractivity contribution in [2.75, 3.05) is 44.5 Å². The fourth-order valence-electron chi connectivity index (χ4n) is 9.07. The first kappa shape index (κ1) is 46.0. The van der Waals surface area contributed by atoms with E-state index in [2.05, 4.69) is 15.1 Å². The van der Waals surface area contributed by atoms with Crippen molar-refractivity contribution in [2.24, 2.45) is 11.8 Å². The fraction of sp³-hybridized carbons (Fsp3) is 0.479. The number of amides is 1. The van der Waals surface area contributed by atoms with E-state index < -0.39 is 58.3 Å². The maximum absolute atomic E-state index is 14.8. The summed E-state index contributed by atoms with van der Waals surface area (Å²) in [5.41, 5.74) is -0.994. The zero-order chi connectivity index (χ0) is 46.4. The number of benzene rings is 3. The number of methoxy groups -OCH3 is 1. The Morgan fingerprint density at radius 3 is 2.41 bits per heavy atom. The monoisotopic (exact) mass is 882 g/mol. The summed E-state index contributed by atoms with van der Waals surface area (Å²) in [6.45, 7) is 11.2. The second-order valence-electron chi connectivity index (χ2n) is 17.8. The number of phenols is 1. The Bertz CT molecular complexity index is 2770. The maximum Gasteiger partial charge on any atom is 0.307 e. The average molecular weight is 883 g/mol. The van der Waals surface area contributed by atoms with E-state index in [0.29, 0.717) is 37.7 Å². The molecule has 0 aliphatic carbocycles. The SMILES string of the molecule is CO[C@H]1/C=C/O[C@@]2(C)Oc3c(C)c(O)c4c(=O)c(c5oc6cc(N7CCC(N(C)C)CC7)cc(=O)c6nc5c4c3=C2O)NC(=O)/C(C)=C\C=C\[C@H](C)C[C@@H](C)C[C@@H](O)[C@H](OC(C)=O)C1. The largest absolute Gasteiger partial charge is 0.507 e. The van der Waals surface area contributed by atoms with E-state index in [4.69, 9.17) is 28.3 Å². The third kappa shape index (κ3) is 8.91. The Balaban J connectivity index is 1.45. The van der Waals surface area contributed by atoms with Crippen LogP contribution in [0.5, 0.6) is 11.5 Å². The topological polar surface area (TPSA) is 210 Å². The first-order chi connectivity index (χ1) is 30.3. The number of fused-ring (bicyclic) bond motifs is 2. The number of carbonyl (C=O) groups is 2. The zero-order valence-corrected chi connectivity index (χ0v) is 37.8. The summed E-state index contributed by atoms with van der Waals surface area (Å²) in [5.74, 6) is -4.17.